The molecule has 0 spiro atoms. The number of benzene rings is 3. The summed E-state index contributed by atoms with van der Waals surface area (Å²) in [7, 11) is 2.03. The molecule has 0 amide bonds. The molecule has 2 heterocycles. The van der Waals surface area contributed by atoms with Crippen LogP contribution < -0.4 is 4.90 Å². The molecule has 5 rings (SSSR count). The SMILES string of the molecule is CN(Cc1ccccc1)c1nc2ccc(C#Cc3ccc(-c4ccc(Cl)cc4)cn3)cc2[nH]1. The Morgan fingerprint density at radius 3 is 2.42 bits per heavy atom. The number of nitrogens with zero attached hydrogens (tertiary/aromatic N) is 3. The van der Waals surface area contributed by atoms with E-state index in [9.17, 15) is 0 Å². The number of anilines is 1. The highest BCUT2D eigenvalue weighted by molar-refractivity contribution is 6.30. The molecule has 0 aliphatic carbocycles. The van der Waals surface area contributed by atoms with E-state index < -0.39 is 0 Å². The minimum atomic E-state index is 0.721. The van der Waals surface area contributed by atoms with Gasteiger partial charge in [-0.15, -0.1) is 0 Å². The van der Waals surface area contributed by atoms with Gasteiger partial charge >= 0.3 is 0 Å². The summed E-state index contributed by atoms with van der Waals surface area (Å²) in [4.78, 5) is 14.7. The number of H-pyrrole nitrogens is 1. The number of aromatic amines is 1. The van der Waals surface area contributed by atoms with Gasteiger partial charge in [-0.05, 0) is 53.4 Å². The molecule has 0 atom stereocenters. The Bertz CT molecular complexity index is 1440. The number of aromatic nitrogens is 3. The Hall–Kier alpha value is -4.07. The third-order valence-corrected chi connectivity index (χ3v) is 5.62. The summed E-state index contributed by atoms with van der Waals surface area (Å²) >= 11 is 5.97. The molecular formula is C28H21ClN4. The Labute approximate surface area is 197 Å². The standard InChI is InChI=1S/C28H21ClN4/c1-33(19-21-5-3-2-4-6-21)28-31-26-16-8-20(17-27(26)32-28)7-14-25-15-11-23(18-30-25)22-9-12-24(29)13-10-22/h2-6,8-13,15-18H,19H2,1H3,(H,31,32). The molecule has 4 nitrogen and oxygen atoms in total. The maximum atomic E-state index is 5.97. The number of hydrogen-bond donors (Lipinski definition) is 1. The summed E-state index contributed by atoms with van der Waals surface area (Å²) in [5, 5.41) is 0.721. The quantitative estimate of drug-likeness (QED) is 0.327. The lowest BCUT2D eigenvalue weighted by Gasteiger charge is -2.15. The van der Waals surface area contributed by atoms with Crippen LogP contribution in [0.25, 0.3) is 22.2 Å². The van der Waals surface area contributed by atoms with Gasteiger partial charge in [-0.25, -0.2) is 9.97 Å². The van der Waals surface area contributed by atoms with Crippen molar-refractivity contribution in [2.24, 2.45) is 0 Å². The van der Waals surface area contributed by atoms with Crippen LogP contribution in [-0.4, -0.2) is 22.0 Å². The molecule has 0 saturated heterocycles. The highest BCUT2D eigenvalue weighted by atomic mass is 35.5. The van der Waals surface area contributed by atoms with Gasteiger partial charge in [-0.1, -0.05) is 66.1 Å². The van der Waals surface area contributed by atoms with E-state index in [1.807, 2.05) is 86.0 Å². The third-order valence-electron chi connectivity index (χ3n) is 5.37. The van der Waals surface area contributed by atoms with Crippen molar-refractivity contribution in [2.45, 2.75) is 6.54 Å². The van der Waals surface area contributed by atoms with Gasteiger partial charge in [0.2, 0.25) is 5.95 Å². The van der Waals surface area contributed by atoms with E-state index in [1.165, 1.54) is 5.56 Å². The van der Waals surface area contributed by atoms with Gasteiger partial charge in [0.05, 0.1) is 11.0 Å². The zero-order valence-electron chi connectivity index (χ0n) is 18.1. The molecule has 0 radical (unpaired) electrons. The van der Waals surface area contributed by atoms with E-state index in [4.69, 9.17) is 16.6 Å². The largest absolute Gasteiger partial charge is 0.341 e. The highest BCUT2D eigenvalue weighted by Gasteiger charge is 2.08. The molecule has 0 bridgehead atoms. The van der Waals surface area contributed by atoms with Crippen molar-refractivity contribution in [3.05, 3.63) is 113 Å². The van der Waals surface area contributed by atoms with Crippen LogP contribution in [-0.2, 0) is 6.54 Å². The van der Waals surface area contributed by atoms with Gasteiger partial charge in [-0.2, -0.15) is 0 Å². The van der Waals surface area contributed by atoms with Gasteiger partial charge in [0.15, 0.2) is 0 Å². The first-order valence-electron chi connectivity index (χ1n) is 10.6. The molecule has 5 heteroatoms. The fourth-order valence-electron chi connectivity index (χ4n) is 3.60. The summed E-state index contributed by atoms with van der Waals surface area (Å²) < 4.78 is 0. The summed E-state index contributed by atoms with van der Waals surface area (Å²) in [5.41, 5.74) is 6.85. The van der Waals surface area contributed by atoms with E-state index in [0.29, 0.717) is 0 Å². The second-order valence-electron chi connectivity index (χ2n) is 7.82. The van der Waals surface area contributed by atoms with Gasteiger partial charge in [0, 0.05) is 35.9 Å². The Morgan fingerprint density at radius 1 is 0.879 bits per heavy atom. The Balaban J connectivity index is 1.32. The predicted octanol–water partition coefficient (Wildman–Crippen LogP) is 6.31. The molecule has 33 heavy (non-hydrogen) atoms. The van der Waals surface area contributed by atoms with Crippen molar-refractivity contribution in [3.8, 4) is 23.0 Å². The second-order valence-corrected chi connectivity index (χ2v) is 8.26. The first-order valence-corrected chi connectivity index (χ1v) is 11.0. The van der Waals surface area contributed by atoms with Crippen molar-refractivity contribution >= 4 is 28.6 Å². The van der Waals surface area contributed by atoms with E-state index in [-0.39, 0.29) is 0 Å². The van der Waals surface area contributed by atoms with Crippen LogP contribution in [0.1, 0.15) is 16.8 Å². The fraction of sp³-hybridized carbons (Fsp3) is 0.0714. The zero-order chi connectivity index (χ0) is 22.6. The predicted molar refractivity (Wildman–Crippen MR) is 135 cm³/mol. The zero-order valence-corrected chi connectivity index (χ0v) is 18.8. The van der Waals surface area contributed by atoms with Crippen LogP contribution in [0.3, 0.4) is 0 Å². The van der Waals surface area contributed by atoms with E-state index >= 15 is 0 Å². The lowest BCUT2D eigenvalue weighted by atomic mass is 10.1. The van der Waals surface area contributed by atoms with Crippen molar-refractivity contribution in [2.75, 3.05) is 11.9 Å². The number of nitrogens with one attached hydrogen (secondary N) is 1. The second kappa shape index (κ2) is 9.20. The van der Waals surface area contributed by atoms with Crippen LogP contribution in [0.5, 0.6) is 0 Å². The summed E-state index contributed by atoms with van der Waals surface area (Å²) in [6.07, 6.45) is 1.83. The van der Waals surface area contributed by atoms with Crippen molar-refractivity contribution < 1.29 is 0 Å². The fourth-order valence-corrected chi connectivity index (χ4v) is 3.73. The van der Waals surface area contributed by atoms with Crippen LogP contribution in [0.4, 0.5) is 5.95 Å². The first kappa shape index (κ1) is 20.8. The molecule has 1 N–H and O–H groups in total. The smallest absolute Gasteiger partial charge is 0.203 e. The lowest BCUT2D eigenvalue weighted by Crippen LogP contribution is -2.17. The van der Waals surface area contributed by atoms with Crippen LogP contribution in [0, 0.1) is 11.8 Å². The summed E-state index contributed by atoms with van der Waals surface area (Å²) in [5.74, 6) is 7.19. The van der Waals surface area contributed by atoms with Gasteiger partial charge in [0.1, 0.15) is 5.69 Å². The maximum absolute atomic E-state index is 5.97. The molecule has 0 unspecified atom stereocenters. The number of rotatable bonds is 4. The van der Waals surface area contributed by atoms with E-state index in [1.54, 1.807) is 0 Å². The minimum absolute atomic E-state index is 0.721. The van der Waals surface area contributed by atoms with Gasteiger partial charge in [0.25, 0.3) is 0 Å². The maximum Gasteiger partial charge on any atom is 0.203 e. The molecule has 0 aliphatic heterocycles. The van der Waals surface area contributed by atoms with Gasteiger partial charge in [-0.3, -0.25) is 0 Å². The van der Waals surface area contributed by atoms with Crippen molar-refractivity contribution in [1.29, 1.82) is 0 Å². The van der Waals surface area contributed by atoms with Crippen molar-refractivity contribution in [1.82, 2.24) is 15.0 Å². The molecule has 2 aromatic heterocycles. The highest BCUT2D eigenvalue weighted by Crippen LogP contribution is 2.21. The van der Waals surface area contributed by atoms with Gasteiger partial charge < -0.3 is 9.88 Å². The molecular weight excluding hydrogens is 428 g/mol. The first-order chi connectivity index (χ1) is 16.1. The van der Waals surface area contributed by atoms with E-state index in [0.717, 1.165) is 50.9 Å². The topological polar surface area (TPSA) is 44.8 Å². The molecule has 160 valence electrons. The molecule has 3 aromatic carbocycles. The lowest BCUT2D eigenvalue weighted by molar-refractivity contribution is 0.885. The molecule has 0 fully saturated rings. The molecule has 0 saturated carbocycles. The van der Waals surface area contributed by atoms with Crippen LogP contribution in [0.15, 0.2) is 91.1 Å². The monoisotopic (exact) mass is 448 g/mol. The number of fused-ring (bicyclic) bond motifs is 1. The number of halogens is 1. The number of pyridine rings is 1. The Kier molecular flexibility index (Phi) is 5.80. The summed E-state index contributed by atoms with van der Waals surface area (Å²) in [6.45, 7) is 0.783. The van der Waals surface area contributed by atoms with Crippen molar-refractivity contribution in [3.63, 3.8) is 0 Å². The van der Waals surface area contributed by atoms with Crippen LogP contribution in [0.2, 0.25) is 5.02 Å². The normalized spacial score (nSPS) is 10.6. The number of hydrogen-bond acceptors (Lipinski definition) is 3. The van der Waals surface area contributed by atoms with Crippen LogP contribution >= 0.6 is 11.6 Å². The average molecular weight is 449 g/mol. The Morgan fingerprint density at radius 2 is 1.67 bits per heavy atom. The molecule has 5 aromatic rings. The average Bonchev–Trinajstić information content (AvgIpc) is 3.28. The van der Waals surface area contributed by atoms with E-state index in [2.05, 4.69) is 38.8 Å². The molecule has 0 aliphatic rings. The minimum Gasteiger partial charge on any atom is -0.341 e. The summed E-state index contributed by atoms with van der Waals surface area (Å²) in [6, 6.07) is 28.0. The number of imidazole rings is 1. The third kappa shape index (κ3) is 4.90.